The largest absolute Gasteiger partial charge is 0.394 e. The van der Waals surface area contributed by atoms with E-state index in [0.717, 1.165) is 57.8 Å². The average molecular weight is 1260 g/mol. The van der Waals surface area contributed by atoms with Crippen LogP contribution in [0.1, 0.15) is 264 Å². The van der Waals surface area contributed by atoms with Gasteiger partial charge in [0.25, 0.3) is 0 Å². The van der Waals surface area contributed by atoms with Crippen LogP contribution in [0.15, 0.2) is 36.5 Å². The maximum atomic E-state index is 13.3. The van der Waals surface area contributed by atoms with Crippen molar-refractivity contribution in [1.29, 1.82) is 0 Å². The Morgan fingerprint density at radius 3 is 1.15 bits per heavy atom. The highest BCUT2D eigenvalue weighted by Crippen LogP contribution is 2.33. The minimum Gasteiger partial charge on any atom is -0.394 e. The van der Waals surface area contributed by atoms with Crippen molar-refractivity contribution in [2.45, 2.75) is 369 Å². The molecule has 0 aromatic heterocycles. The number of aliphatic hydroxyl groups is 11. The predicted molar refractivity (Wildman–Crippen MR) is 342 cm³/mol. The summed E-state index contributed by atoms with van der Waals surface area (Å²) in [5.41, 5.74) is 0. The van der Waals surface area contributed by atoms with Gasteiger partial charge in [-0.15, -0.1) is 0 Å². The van der Waals surface area contributed by atoms with Crippen LogP contribution in [0.2, 0.25) is 0 Å². The first-order valence-corrected chi connectivity index (χ1v) is 35.2. The monoisotopic (exact) mass is 1260 g/mol. The van der Waals surface area contributed by atoms with Gasteiger partial charge >= 0.3 is 0 Å². The lowest BCUT2D eigenvalue weighted by Crippen LogP contribution is -2.66. The van der Waals surface area contributed by atoms with Gasteiger partial charge in [0.1, 0.15) is 73.2 Å². The molecular formula is C69H127NO18. The molecule has 0 radical (unpaired) electrons. The van der Waals surface area contributed by atoms with Gasteiger partial charge in [-0.3, -0.25) is 4.79 Å². The minimum atomic E-state index is -1.98. The Hall–Kier alpha value is -1.99. The van der Waals surface area contributed by atoms with Crippen molar-refractivity contribution < 1.29 is 89.4 Å². The van der Waals surface area contributed by atoms with E-state index < -0.39 is 124 Å². The normalized spacial score (nSPS) is 28.6. The molecule has 3 rings (SSSR count). The summed E-state index contributed by atoms with van der Waals surface area (Å²) in [4.78, 5) is 13.3. The highest BCUT2D eigenvalue weighted by molar-refractivity contribution is 5.76. The van der Waals surface area contributed by atoms with Gasteiger partial charge in [-0.05, 0) is 57.8 Å². The summed E-state index contributed by atoms with van der Waals surface area (Å²) in [5, 5.41) is 120. The van der Waals surface area contributed by atoms with Gasteiger partial charge in [-0.1, -0.05) is 237 Å². The molecule has 88 heavy (non-hydrogen) atoms. The fraction of sp³-hybridized carbons (Fsp3) is 0.899. The molecule has 1 amide bonds. The Bertz CT molecular complexity index is 1740. The van der Waals surface area contributed by atoms with E-state index >= 15 is 0 Å². The van der Waals surface area contributed by atoms with E-state index in [2.05, 4.69) is 43.5 Å². The predicted octanol–water partition coefficient (Wildman–Crippen LogP) is 9.22. The molecule has 0 bridgehead atoms. The van der Waals surface area contributed by atoms with Crippen molar-refractivity contribution in [2.24, 2.45) is 0 Å². The van der Waals surface area contributed by atoms with E-state index in [9.17, 15) is 61.0 Å². The van der Waals surface area contributed by atoms with E-state index in [4.69, 9.17) is 28.4 Å². The highest BCUT2D eigenvalue weighted by atomic mass is 16.8. The van der Waals surface area contributed by atoms with Gasteiger partial charge in [-0.2, -0.15) is 0 Å². The molecule has 516 valence electrons. The lowest BCUT2D eigenvalue weighted by molar-refractivity contribution is -0.379. The second-order valence-electron chi connectivity index (χ2n) is 25.3. The first kappa shape index (κ1) is 80.2. The number of hydrogen-bond donors (Lipinski definition) is 12. The Morgan fingerprint density at radius 2 is 0.727 bits per heavy atom. The zero-order chi connectivity index (χ0) is 64.0. The molecule has 0 aromatic rings. The second kappa shape index (κ2) is 51.4. The number of nitrogens with one attached hydrogen (secondary N) is 1. The molecule has 3 heterocycles. The van der Waals surface area contributed by atoms with E-state index in [1.807, 2.05) is 6.08 Å². The maximum absolute atomic E-state index is 13.3. The van der Waals surface area contributed by atoms with Crippen LogP contribution in [-0.4, -0.2) is 193 Å². The lowest BCUT2D eigenvalue weighted by Gasteiger charge is -2.48. The van der Waals surface area contributed by atoms with Crippen LogP contribution in [-0.2, 0) is 33.2 Å². The number of carbonyl (C=O) groups excluding carboxylic acids is 1. The van der Waals surface area contributed by atoms with Crippen molar-refractivity contribution in [3.8, 4) is 0 Å². The van der Waals surface area contributed by atoms with Crippen molar-refractivity contribution in [2.75, 3.05) is 26.4 Å². The smallest absolute Gasteiger partial charge is 0.220 e. The van der Waals surface area contributed by atoms with Crippen molar-refractivity contribution in [3.05, 3.63) is 36.5 Å². The molecule has 19 heteroatoms. The second-order valence-corrected chi connectivity index (χ2v) is 25.3. The summed E-state index contributed by atoms with van der Waals surface area (Å²) in [7, 11) is 0. The topological polar surface area (TPSA) is 307 Å². The molecule has 0 spiro atoms. The summed E-state index contributed by atoms with van der Waals surface area (Å²) >= 11 is 0. The van der Waals surface area contributed by atoms with Gasteiger partial charge in [0.15, 0.2) is 18.9 Å². The lowest BCUT2D eigenvalue weighted by atomic mass is 9.96. The maximum Gasteiger partial charge on any atom is 0.220 e. The molecule has 0 aromatic carbocycles. The third kappa shape index (κ3) is 33.2. The van der Waals surface area contributed by atoms with Gasteiger partial charge in [-0.25, -0.2) is 0 Å². The average Bonchev–Trinajstić information content (AvgIpc) is 1.80. The zero-order valence-electron chi connectivity index (χ0n) is 54.5. The van der Waals surface area contributed by atoms with Crippen molar-refractivity contribution in [1.82, 2.24) is 5.32 Å². The van der Waals surface area contributed by atoms with Gasteiger partial charge < -0.3 is 89.9 Å². The van der Waals surface area contributed by atoms with Gasteiger partial charge in [0, 0.05) is 6.42 Å². The fourth-order valence-electron chi connectivity index (χ4n) is 11.9. The molecule has 3 aliphatic heterocycles. The third-order valence-corrected chi connectivity index (χ3v) is 17.7. The number of allylic oxidation sites excluding steroid dienone is 5. The summed E-state index contributed by atoms with van der Waals surface area (Å²) in [6, 6.07) is -0.993. The van der Waals surface area contributed by atoms with Crippen LogP contribution in [0.5, 0.6) is 0 Å². The number of carbonyl (C=O) groups is 1. The Labute approximate surface area is 530 Å². The van der Waals surface area contributed by atoms with Crippen molar-refractivity contribution in [3.63, 3.8) is 0 Å². The molecule has 0 aliphatic carbocycles. The number of ether oxygens (including phenoxy) is 6. The van der Waals surface area contributed by atoms with E-state index in [-0.39, 0.29) is 18.9 Å². The zero-order valence-corrected chi connectivity index (χ0v) is 54.5. The molecule has 3 aliphatic rings. The molecule has 12 N–H and O–H groups in total. The SMILES string of the molecule is CCCCCC/C=C\CCCCCCCC(=O)NC(COC1OC(CO)C(OC2OC(CO)C(OC3OC(CO)C(O)C(O)C3O)C(O)C2O)C(O)C1O)C(O)/C=C/CC/C=C/CCCCCCCCCCCCCCCCCCCCCCCCCC. The molecule has 19 nitrogen and oxygen atoms in total. The molecule has 17 atom stereocenters. The van der Waals surface area contributed by atoms with E-state index in [0.29, 0.717) is 12.8 Å². The third-order valence-electron chi connectivity index (χ3n) is 17.7. The van der Waals surface area contributed by atoms with Crippen LogP contribution >= 0.6 is 0 Å². The molecular weight excluding hydrogens is 1130 g/mol. The Morgan fingerprint density at radius 1 is 0.398 bits per heavy atom. The molecule has 3 fully saturated rings. The van der Waals surface area contributed by atoms with E-state index in [1.54, 1.807) is 6.08 Å². The summed E-state index contributed by atoms with van der Waals surface area (Å²) in [6.45, 7) is 1.70. The fourth-order valence-corrected chi connectivity index (χ4v) is 11.9. The first-order valence-electron chi connectivity index (χ1n) is 35.2. The molecule has 0 saturated carbocycles. The number of unbranched alkanes of at least 4 members (excludes halogenated alkanes) is 34. The van der Waals surface area contributed by atoms with Gasteiger partial charge in [0.05, 0.1) is 38.6 Å². The standard InChI is InChI=1S/C69H127NO18/c1-3-5-7-9-11-13-15-17-18-19-20-21-22-23-24-25-26-27-28-29-30-31-32-33-35-36-38-40-42-44-46-53(74)52(70-57(75)47-45-43-41-39-37-34-16-14-12-10-8-6-4-2)51-83-67-63(81)60(78)65(55(49-72)85-67)88-69-64(82)61(79)66(56(50-73)86-69)87-68-62(80)59(77)58(76)54(48-71)84-68/h14,16,36,38,44,46,52-56,58-69,71-74,76-82H,3-13,15,17-35,37,39-43,45,47-51H2,1-2H3,(H,70,75)/b16-14-,38-36+,46-44+. The molecule has 3 saturated heterocycles. The minimum absolute atomic E-state index is 0.226. The van der Waals surface area contributed by atoms with E-state index in [1.165, 1.54) is 173 Å². The van der Waals surface area contributed by atoms with Crippen molar-refractivity contribution >= 4 is 5.91 Å². The number of amides is 1. The van der Waals surface area contributed by atoms with Crippen LogP contribution in [0, 0.1) is 0 Å². The molecule has 17 unspecified atom stereocenters. The summed E-state index contributed by atoms with van der Waals surface area (Å²) < 4.78 is 34.3. The number of aliphatic hydroxyl groups excluding tert-OH is 11. The quantitative estimate of drug-likeness (QED) is 0.0199. The Balaban J connectivity index is 1.40. The Kier molecular flexibility index (Phi) is 46.9. The summed E-state index contributed by atoms with van der Waals surface area (Å²) in [5.74, 6) is -0.294. The summed E-state index contributed by atoms with van der Waals surface area (Å²) in [6.07, 6.45) is 32.9. The van der Waals surface area contributed by atoms with Gasteiger partial charge in [0.2, 0.25) is 5.91 Å². The number of hydrogen-bond acceptors (Lipinski definition) is 18. The van der Waals surface area contributed by atoms with Crippen LogP contribution in [0.4, 0.5) is 0 Å². The first-order chi connectivity index (χ1) is 42.8. The van der Waals surface area contributed by atoms with Crippen LogP contribution in [0.3, 0.4) is 0 Å². The van der Waals surface area contributed by atoms with Crippen LogP contribution in [0.25, 0.3) is 0 Å². The number of rotatable bonds is 54. The highest BCUT2D eigenvalue weighted by Gasteiger charge is 2.53. The van der Waals surface area contributed by atoms with Crippen LogP contribution < -0.4 is 5.32 Å².